The van der Waals surface area contributed by atoms with E-state index in [0.29, 0.717) is 18.8 Å². The first kappa shape index (κ1) is 18.7. The zero-order chi connectivity index (χ0) is 18.1. The zero-order valence-corrected chi connectivity index (χ0v) is 14.9. The summed E-state index contributed by atoms with van der Waals surface area (Å²) in [6, 6.07) is 14.7. The maximum Gasteiger partial charge on any atom is 0.185 e. The number of carbonyl (C=O) groups excluding carboxylic acids is 1. The number of ketones is 1. The Morgan fingerprint density at radius 2 is 1.60 bits per heavy atom. The molecule has 0 saturated carbocycles. The third kappa shape index (κ3) is 6.43. The molecule has 2 aromatic rings. The molecule has 0 bridgehead atoms. The summed E-state index contributed by atoms with van der Waals surface area (Å²) in [6.45, 7) is 4.99. The van der Waals surface area contributed by atoms with Gasteiger partial charge in [0.15, 0.2) is 5.78 Å². The Kier molecular flexibility index (Phi) is 7.23. The number of hydrogen-bond acceptors (Lipinski definition) is 4. The third-order valence-corrected chi connectivity index (χ3v) is 3.37. The summed E-state index contributed by atoms with van der Waals surface area (Å²) in [5, 5.41) is 0. The minimum absolute atomic E-state index is 0.0500. The topological polar surface area (TPSA) is 44.8 Å². The van der Waals surface area contributed by atoms with Crippen molar-refractivity contribution in [2.45, 2.75) is 20.0 Å². The van der Waals surface area contributed by atoms with E-state index in [-0.39, 0.29) is 11.9 Å². The Morgan fingerprint density at radius 3 is 2.20 bits per heavy atom. The van der Waals surface area contributed by atoms with Gasteiger partial charge in [0.25, 0.3) is 0 Å². The van der Waals surface area contributed by atoms with Gasteiger partial charge in [-0.15, -0.1) is 0 Å². The van der Waals surface area contributed by atoms with Crippen molar-refractivity contribution in [3.05, 3.63) is 65.7 Å². The zero-order valence-electron chi connectivity index (χ0n) is 14.9. The van der Waals surface area contributed by atoms with Gasteiger partial charge in [0.1, 0.15) is 18.1 Å². The molecule has 132 valence electrons. The highest BCUT2D eigenvalue weighted by molar-refractivity contribution is 6.06. The van der Waals surface area contributed by atoms with E-state index >= 15 is 0 Å². The van der Waals surface area contributed by atoms with Crippen molar-refractivity contribution >= 4 is 11.9 Å². The molecule has 0 radical (unpaired) electrons. The normalized spacial score (nSPS) is 11.0. The van der Waals surface area contributed by atoms with Crippen LogP contribution in [-0.2, 0) is 4.74 Å². The van der Waals surface area contributed by atoms with Crippen LogP contribution < -0.4 is 9.47 Å². The summed E-state index contributed by atoms with van der Waals surface area (Å²) in [6.07, 6.45) is 3.51. The average Bonchev–Trinajstić information content (AvgIpc) is 2.61. The number of ether oxygens (including phenoxy) is 3. The van der Waals surface area contributed by atoms with Crippen LogP contribution in [0.2, 0.25) is 0 Å². The third-order valence-electron chi connectivity index (χ3n) is 3.37. The highest BCUT2D eigenvalue weighted by atomic mass is 16.5. The molecule has 4 heteroatoms. The van der Waals surface area contributed by atoms with Gasteiger partial charge in [0.2, 0.25) is 0 Å². The van der Waals surface area contributed by atoms with Crippen LogP contribution in [0.15, 0.2) is 54.6 Å². The lowest BCUT2D eigenvalue weighted by Gasteiger charge is -2.09. The second-order valence-corrected chi connectivity index (χ2v) is 5.80. The molecule has 0 saturated heterocycles. The standard InChI is InChI=1S/C21H24O4/c1-16(2)25-20-9-4-17(5-10-20)6-13-21(22)18-7-11-19(12-8-18)24-15-14-23-3/h4-13,16H,14-15H2,1-3H3. The van der Waals surface area contributed by atoms with E-state index in [2.05, 4.69) is 0 Å². The van der Waals surface area contributed by atoms with E-state index in [1.165, 1.54) is 0 Å². The first-order valence-corrected chi connectivity index (χ1v) is 8.29. The molecule has 4 nitrogen and oxygen atoms in total. The van der Waals surface area contributed by atoms with Crippen molar-refractivity contribution in [1.82, 2.24) is 0 Å². The quantitative estimate of drug-likeness (QED) is 0.386. The molecular formula is C21H24O4. The van der Waals surface area contributed by atoms with Crippen molar-refractivity contribution in [1.29, 1.82) is 0 Å². The van der Waals surface area contributed by atoms with Crippen molar-refractivity contribution < 1.29 is 19.0 Å². The largest absolute Gasteiger partial charge is 0.491 e. The van der Waals surface area contributed by atoms with Gasteiger partial charge in [-0.1, -0.05) is 18.2 Å². The van der Waals surface area contributed by atoms with Crippen molar-refractivity contribution in [3.63, 3.8) is 0 Å². The van der Waals surface area contributed by atoms with Crippen LogP contribution in [0.1, 0.15) is 29.8 Å². The Labute approximate surface area is 149 Å². The van der Waals surface area contributed by atoms with E-state index < -0.39 is 0 Å². The fourth-order valence-electron chi connectivity index (χ4n) is 2.16. The van der Waals surface area contributed by atoms with E-state index in [0.717, 1.165) is 17.1 Å². The van der Waals surface area contributed by atoms with Gasteiger partial charge in [-0.05, 0) is 61.9 Å². The molecule has 2 rings (SSSR count). The highest BCUT2D eigenvalue weighted by Gasteiger charge is 2.03. The highest BCUT2D eigenvalue weighted by Crippen LogP contribution is 2.16. The van der Waals surface area contributed by atoms with E-state index in [1.54, 1.807) is 43.5 Å². The van der Waals surface area contributed by atoms with Gasteiger partial charge in [-0.2, -0.15) is 0 Å². The molecule has 0 heterocycles. The lowest BCUT2D eigenvalue weighted by Crippen LogP contribution is -2.05. The second-order valence-electron chi connectivity index (χ2n) is 5.80. The Morgan fingerprint density at radius 1 is 0.960 bits per heavy atom. The number of methoxy groups -OCH3 is 1. The Bertz CT molecular complexity index is 685. The van der Waals surface area contributed by atoms with E-state index in [1.807, 2.05) is 38.1 Å². The molecule has 0 aliphatic heterocycles. The second kappa shape index (κ2) is 9.64. The number of allylic oxidation sites excluding steroid dienone is 1. The summed E-state index contributed by atoms with van der Waals surface area (Å²) in [5.41, 5.74) is 1.57. The van der Waals surface area contributed by atoms with Crippen LogP contribution in [0.25, 0.3) is 6.08 Å². The fourth-order valence-corrected chi connectivity index (χ4v) is 2.16. The van der Waals surface area contributed by atoms with Gasteiger partial charge in [0.05, 0.1) is 12.7 Å². The van der Waals surface area contributed by atoms with E-state index in [9.17, 15) is 4.79 Å². The summed E-state index contributed by atoms with van der Waals surface area (Å²) in [5.74, 6) is 1.49. The molecule has 0 N–H and O–H groups in total. The van der Waals surface area contributed by atoms with Gasteiger partial charge in [-0.25, -0.2) is 0 Å². The van der Waals surface area contributed by atoms with E-state index in [4.69, 9.17) is 14.2 Å². The van der Waals surface area contributed by atoms with Crippen LogP contribution in [0, 0.1) is 0 Å². The SMILES string of the molecule is COCCOc1ccc(C(=O)C=Cc2ccc(OC(C)C)cc2)cc1. The van der Waals surface area contributed by atoms with Crippen LogP contribution in [0.3, 0.4) is 0 Å². The smallest absolute Gasteiger partial charge is 0.185 e. The Hall–Kier alpha value is -2.59. The van der Waals surface area contributed by atoms with Gasteiger partial charge in [0, 0.05) is 12.7 Å². The van der Waals surface area contributed by atoms with Crippen molar-refractivity contribution in [3.8, 4) is 11.5 Å². The molecule has 0 atom stereocenters. The predicted molar refractivity (Wildman–Crippen MR) is 99.4 cm³/mol. The minimum Gasteiger partial charge on any atom is -0.491 e. The fraction of sp³-hybridized carbons (Fsp3) is 0.286. The summed E-state index contributed by atoms with van der Waals surface area (Å²) in [7, 11) is 1.63. The number of carbonyl (C=O) groups is 1. The lowest BCUT2D eigenvalue weighted by atomic mass is 10.1. The molecule has 0 fully saturated rings. The van der Waals surface area contributed by atoms with Gasteiger partial charge < -0.3 is 14.2 Å². The molecule has 0 aliphatic carbocycles. The first-order chi connectivity index (χ1) is 12.1. The summed E-state index contributed by atoms with van der Waals surface area (Å²) < 4.78 is 16.0. The van der Waals surface area contributed by atoms with Crippen LogP contribution in [0.4, 0.5) is 0 Å². The van der Waals surface area contributed by atoms with Crippen molar-refractivity contribution in [2.75, 3.05) is 20.3 Å². The molecule has 0 unspecified atom stereocenters. The Balaban J connectivity index is 1.93. The monoisotopic (exact) mass is 340 g/mol. The molecular weight excluding hydrogens is 316 g/mol. The van der Waals surface area contributed by atoms with Crippen LogP contribution >= 0.6 is 0 Å². The number of hydrogen-bond donors (Lipinski definition) is 0. The van der Waals surface area contributed by atoms with Crippen LogP contribution in [0.5, 0.6) is 11.5 Å². The molecule has 2 aromatic carbocycles. The maximum absolute atomic E-state index is 12.2. The minimum atomic E-state index is -0.0500. The number of rotatable bonds is 9. The molecule has 0 spiro atoms. The van der Waals surface area contributed by atoms with Crippen LogP contribution in [-0.4, -0.2) is 32.2 Å². The average molecular weight is 340 g/mol. The van der Waals surface area contributed by atoms with Gasteiger partial charge >= 0.3 is 0 Å². The first-order valence-electron chi connectivity index (χ1n) is 8.29. The predicted octanol–water partition coefficient (Wildman–Crippen LogP) is 4.40. The summed E-state index contributed by atoms with van der Waals surface area (Å²) >= 11 is 0. The van der Waals surface area contributed by atoms with Gasteiger partial charge in [-0.3, -0.25) is 4.79 Å². The molecule has 0 aromatic heterocycles. The maximum atomic E-state index is 12.2. The molecule has 25 heavy (non-hydrogen) atoms. The molecule has 0 amide bonds. The van der Waals surface area contributed by atoms with Crippen molar-refractivity contribution in [2.24, 2.45) is 0 Å². The molecule has 0 aliphatic rings. The summed E-state index contributed by atoms with van der Waals surface area (Å²) in [4.78, 5) is 12.2. The number of benzene rings is 2. The lowest BCUT2D eigenvalue weighted by molar-refractivity contribution is 0.104.